The first-order chi connectivity index (χ1) is 8.02. The third-order valence-corrected chi connectivity index (χ3v) is 1.89. The molecule has 0 aromatic heterocycles. The smallest absolute Gasteiger partial charge is 0.320 e. The third-order valence-electron chi connectivity index (χ3n) is 1.65. The van der Waals surface area contributed by atoms with Crippen molar-refractivity contribution >= 4 is 18.4 Å². The maximum atomic E-state index is 13.3. The first-order valence-electron chi connectivity index (χ1n) is 4.65. The molecule has 0 bridgehead atoms. The van der Waals surface area contributed by atoms with E-state index in [4.69, 9.17) is 10.8 Å². The first-order valence-corrected chi connectivity index (χ1v) is 5.29. The van der Waals surface area contributed by atoms with E-state index in [2.05, 4.69) is 4.18 Å². The van der Waals surface area contributed by atoms with E-state index < -0.39 is 30.3 Å². The summed E-state index contributed by atoms with van der Waals surface area (Å²) in [5.74, 6) is -2.28. The molecule has 96 valence electrons. The van der Waals surface area contributed by atoms with Crippen molar-refractivity contribution in [2.75, 3.05) is 0 Å². The molecule has 1 unspecified atom stereocenters. The second-order valence-corrected chi connectivity index (χ2v) is 3.23. The zero-order valence-electron chi connectivity index (χ0n) is 9.10. The van der Waals surface area contributed by atoms with Crippen molar-refractivity contribution in [3.05, 3.63) is 35.9 Å². The van der Waals surface area contributed by atoms with Crippen molar-refractivity contribution < 1.29 is 22.4 Å². The van der Waals surface area contributed by atoms with Gasteiger partial charge in [-0.1, -0.05) is 12.2 Å². The van der Waals surface area contributed by atoms with E-state index in [9.17, 15) is 13.1 Å². The summed E-state index contributed by atoms with van der Waals surface area (Å²) >= 11 is -0.479. The maximum absolute atomic E-state index is 13.3. The molecule has 0 radical (unpaired) electrons. The lowest BCUT2D eigenvalue weighted by molar-refractivity contribution is -0.138. The highest BCUT2D eigenvalue weighted by atomic mass is 32.2. The molecule has 0 aliphatic heterocycles. The van der Waals surface area contributed by atoms with Crippen LogP contribution in [0, 0.1) is 0 Å². The van der Waals surface area contributed by atoms with E-state index in [-0.39, 0.29) is 12.2 Å². The first kappa shape index (κ1) is 15.7. The molecule has 1 atom stereocenters. The van der Waals surface area contributed by atoms with Gasteiger partial charge in [-0.15, -0.1) is 3.89 Å². The van der Waals surface area contributed by atoms with Crippen molar-refractivity contribution in [3.63, 3.8) is 0 Å². The number of allylic oxidation sites excluding steroid dienone is 4. The number of carboxylic acids is 1. The zero-order chi connectivity index (χ0) is 13.3. The van der Waals surface area contributed by atoms with E-state index in [1.54, 1.807) is 6.92 Å². The monoisotopic (exact) mass is 265 g/mol. The van der Waals surface area contributed by atoms with Crippen LogP contribution in [0.25, 0.3) is 0 Å². The molecule has 3 N–H and O–H groups in total. The lowest BCUT2D eigenvalue weighted by Gasteiger charge is -2.01. The minimum absolute atomic E-state index is 0.0331. The summed E-state index contributed by atoms with van der Waals surface area (Å²) in [5, 5.41) is 8.47. The molecule has 0 spiro atoms. The number of hydrogen-bond acceptors (Lipinski definition) is 4. The van der Waals surface area contributed by atoms with E-state index >= 15 is 0 Å². The molecule has 0 fully saturated rings. The van der Waals surface area contributed by atoms with E-state index in [1.807, 2.05) is 0 Å². The number of carbonyl (C=O) groups is 1. The van der Waals surface area contributed by atoms with Gasteiger partial charge in [-0.25, -0.2) is 4.39 Å². The average molecular weight is 265 g/mol. The Kier molecular flexibility index (Phi) is 8.08. The zero-order valence-corrected chi connectivity index (χ0v) is 9.92. The Bertz CT molecular complexity index is 342. The normalized spacial score (nSPS) is 15.1. The van der Waals surface area contributed by atoms with Crippen LogP contribution in [0.2, 0.25) is 0 Å². The Labute approximate surface area is 102 Å². The fourth-order valence-corrected chi connectivity index (χ4v) is 1.04. The largest absolute Gasteiger partial charge is 0.480 e. The van der Waals surface area contributed by atoms with Crippen molar-refractivity contribution in [1.29, 1.82) is 0 Å². The number of carboxylic acid groups (broad SMARTS) is 1. The van der Waals surface area contributed by atoms with Crippen LogP contribution in [0.3, 0.4) is 0 Å². The van der Waals surface area contributed by atoms with Crippen LogP contribution in [0.1, 0.15) is 13.3 Å². The van der Waals surface area contributed by atoms with Crippen LogP contribution < -0.4 is 5.73 Å². The molecule has 0 heterocycles. The molecule has 0 rings (SSSR count). The highest BCUT2D eigenvalue weighted by Gasteiger charge is 2.09. The van der Waals surface area contributed by atoms with Gasteiger partial charge < -0.3 is 15.0 Å². The highest BCUT2D eigenvalue weighted by Crippen LogP contribution is 2.18. The maximum Gasteiger partial charge on any atom is 0.320 e. The number of aliphatic carboxylic acids is 1. The third kappa shape index (κ3) is 6.75. The van der Waals surface area contributed by atoms with Crippen molar-refractivity contribution in [1.82, 2.24) is 0 Å². The lowest BCUT2D eigenvalue weighted by atomic mass is 10.2. The molecule has 0 aromatic rings. The molecule has 4 nitrogen and oxygen atoms in total. The van der Waals surface area contributed by atoms with Gasteiger partial charge in [0.2, 0.25) is 0 Å². The lowest BCUT2D eigenvalue weighted by Crippen LogP contribution is -2.29. The molecule has 7 heteroatoms. The minimum atomic E-state index is -1.18. The number of halogens is 2. The van der Waals surface area contributed by atoms with Gasteiger partial charge in [-0.3, -0.25) is 4.79 Å². The fourth-order valence-electron chi connectivity index (χ4n) is 0.834. The molecular formula is C10H13F2NO3S. The molecule has 17 heavy (non-hydrogen) atoms. The van der Waals surface area contributed by atoms with E-state index in [1.165, 1.54) is 18.2 Å². The van der Waals surface area contributed by atoms with Crippen molar-refractivity contribution in [3.8, 4) is 0 Å². The standard InChI is InChI=1S/C10H13F2NO3S/c1-2-4-9(16-17-12)7(11)5-3-6-8(13)10(14)15/h2-5,8H,6,13H2,1H3,(H,14,15)/b4-2-,5-3+,9-7-. The van der Waals surface area contributed by atoms with Gasteiger partial charge in [-0.05, 0) is 25.5 Å². The van der Waals surface area contributed by atoms with Crippen LogP contribution in [-0.2, 0) is 8.98 Å². The van der Waals surface area contributed by atoms with Crippen LogP contribution >= 0.6 is 12.4 Å². The van der Waals surface area contributed by atoms with Gasteiger partial charge in [0.1, 0.15) is 6.04 Å². The van der Waals surface area contributed by atoms with Crippen LogP contribution in [-0.4, -0.2) is 17.1 Å². The highest BCUT2D eigenvalue weighted by molar-refractivity contribution is 7.89. The topological polar surface area (TPSA) is 72.5 Å². The Balaban J connectivity index is 4.56. The number of hydrogen-bond donors (Lipinski definition) is 2. The van der Waals surface area contributed by atoms with Gasteiger partial charge in [0, 0.05) is 0 Å². The van der Waals surface area contributed by atoms with Crippen molar-refractivity contribution in [2.45, 2.75) is 19.4 Å². The quantitative estimate of drug-likeness (QED) is 0.420. The molecule has 0 saturated heterocycles. The predicted molar refractivity (Wildman–Crippen MR) is 62.1 cm³/mol. The molecule has 0 aliphatic rings. The van der Waals surface area contributed by atoms with Gasteiger partial charge in [0.05, 0.1) is 0 Å². The van der Waals surface area contributed by atoms with Crippen molar-refractivity contribution in [2.24, 2.45) is 5.73 Å². The van der Waals surface area contributed by atoms with Gasteiger partial charge in [0.25, 0.3) is 12.4 Å². The average Bonchev–Trinajstić information content (AvgIpc) is 2.28. The number of nitrogens with two attached hydrogens (primary N) is 1. The molecule has 0 saturated carbocycles. The Morgan fingerprint density at radius 3 is 2.71 bits per heavy atom. The Morgan fingerprint density at radius 2 is 2.24 bits per heavy atom. The summed E-state index contributed by atoms with van der Waals surface area (Å²) < 4.78 is 29.5. The Morgan fingerprint density at radius 1 is 1.59 bits per heavy atom. The second-order valence-electron chi connectivity index (χ2n) is 2.94. The second kappa shape index (κ2) is 8.77. The summed E-state index contributed by atoms with van der Waals surface area (Å²) in [6.07, 6.45) is 4.90. The molecule has 0 aliphatic carbocycles. The summed E-state index contributed by atoms with van der Waals surface area (Å²) in [7, 11) is 0. The SMILES string of the molecule is C\C=C/C(OSF)=C(F)\C=C\CC(N)C(=O)O. The summed E-state index contributed by atoms with van der Waals surface area (Å²) in [6.45, 7) is 1.61. The van der Waals surface area contributed by atoms with Crippen LogP contribution in [0.4, 0.5) is 8.28 Å². The fraction of sp³-hybridized carbons (Fsp3) is 0.300. The summed E-state index contributed by atoms with van der Waals surface area (Å²) in [4.78, 5) is 10.4. The van der Waals surface area contributed by atoms with Gasteiger partial charge in [-0.2, -0.15) is 0 Å². The molecular weight excluding hydrogens is 252 g/mol. The van der Waals surface area contributed by atoms with Gasteiger partial charge in [0.15, 0.2) is 11.6 Å². The van der Waals surface area contributed by atoms with Gasteiger partial charge >= 0.3 is 5.97 Å². The van der Waals surface area contributed by atoms with Crippen LogP contribution in [0.5, 0.6) is 0 Å². The van der Waals surface area contributed by atoms with Crippen LogP contribution in [0.15, 0.2) is 35.9 Å². The van der Waals surface area contributed by atoms with E-state index in [0.717, 1.165) is 6.08 Å². The Hall–Kier alpha value is -1.34. The molecule has 0 aromatic carbocycles. The van der Waals surface area contributed by atoms with E-state index in [0.29, 0.717) is 0 Å². The summed E-state index contributed by atoms with van der Waals surface area (Å²) in [6, 6.07) is -1.10. The number of rotatable bonds is 7. The minimum Gasteiger partial charge on any atom is -0.480 e. The summed E-state index contributed by atoms with van der Waals surface area (Å²) in [5.41, 5.74) is 5.20. The predicted octanol–water partition coefficient (Wildman–Crippen LogP) is 2.65. The molecule has 0 amide bonds.